The minimum Gasteiger partial charge on any atom is -0.465 e. The molecule has 2 aliphatic rings. The summed E-state index contributed by atoms with van der Waals surface area (Å²) in [5, 5.41) is 14.4. The number of amides is 2. The van der Waals surface area contributed by atoms with E-state index in [-0.39, 0.29) is 30.7 Å². The number of rotatable bonds is 5. The maximum absolute atomic E-state index is 13.9. The largest absolute Gasteiger partial charge is 0.465 e. The van der Waals surface area contributed by atoms with Crippen molar-refractivity contribution in [2.45, 2.75) is 83.2 Å². The Morgan fingerprint density at radius 1 is 1.20 bits per heavy atom. The van der Waals surface area contributed by atoms with Gasteiger partial charge >= 0.3 is 6.09 Å². The third-order valence-corrected chi connectivity index (χ3v) is 7.70. The zero-order valence-corrected chi connectivity index (χ0v) is 20.8. The van der Waals surface area contributed by atoms with Gasteiger partial charge in [-0.05, 0) is 70.4 Å². The van der Waals surface area contributed by atoms with E-state index in [2.05, 4.69) is 16.1 Å². The second kappa shape index (κ2) is 9.35. The highest BCUT2D eigenvalue weighted by Crippen LogP contribution is 2.42. The average Bonchev–Trinajstić information content (AvgIpc) is 3.41. The molecule has 0 aromatic carbocycles. The fourth-order valence-electron chi connectivity index (χ4n) is 5.88. The molecule has 0 bridgehead atoms. The maximum atomic E-state index is 13.9. The number of carbonyl (C=O) groups is 2. The third-order valence-electron chi connectivity index (χ3n) is 7.70. The van der Waals surface area contributed by atoms with Gasteiger partial charge in [0.1, 0.15) is 12.4 Å². The van der Waals surface area contributed by atoms with E-state index >= 15 is 0 Å². The molecule has 4 rings (SSSR count). The van der Waals surface area contributed by atoms with E-state index in [4.69, 9.17) is 0 Å². The van der Waals surface area contributed by atoms with Crippen molar-refractivity contribution in [3.05, 3.63) is 30.2 Å². The molecule has 192 valence electrons. The van der Waals surface area contributed by atoms with Crippen molar-refractivity contribution >= 4 is 17.6 Å². The number of carboxylic acid groups (broad SMARTS) is 1. The molecule has 2 amide bonds. The van der Waals surface area contributed by atoms with Crippen molar-refractivity contribution in [1.82, 2.24) is 24.4 Å². The van der Waals surface area contributed by atoms with Gasteiger partial charge in [0.2, 0.25) is 5.91 Å². The van der Waals surface area contributed by atoms with Gasteiger partial charge in [0.15, 0.2) is 5.65 Å². The van der Waals surface area contributed by atoms with Crippen molar-refractivity contribution < 1.29 is 23.5 Å². The number of likely N-dealkylation sites (tertiary alicyclic amines) is 1. The van der Waals surface area contributed by atoms with Gasteiger partial charge < -0.3 is 10.0 Å². The Morgan fingerprint density at radius 3 is 2.46 bits per heavy atom. The quantitative estimate of drug-likeness (QED) is 0.657. The first-order valence-corrected chi connectivity index (χ1v) is 12.4. The number of alkyl halides is 2. The number of halogens is 2. The second-order valence-electron chi connectivity index (χ2n) is 11.1. The molecule has 0 unspecified atom stereocenters. The predicted molar refractivity (Wildman–Crippen MR) is 126 cm³/mol. The summed E-state index contributed by atoms with van der Waals surface area (Å²) >= 11 is 0. The molecule has 0 radical (unpaired) electrons. The Balaban J connectivity index is 1.55. The summed E-state index contributed by atoms with van der Waals surface area (Å²) in [4.78, 5) is 32.5. The van der Waals surface area contributed by atoms with Gasteiger partial charge in [-0.1, -0.05) is 13.0 Å². The van der Waals surface area contributed by atoms with E-state index < -0.39 is 36.0 Å². The van der Waals surface area contributed by atoms with Gasteiger partial charge in [-0.2, -0.15) is 5.10 Å². The molecule has 1 saturated carbocycles. The molecule has 1 N–H and O–H groups in total. The summed E-state index contributed by atoms with van der Waals surface area (Å²) < 4.78 is 29.7. The van der Waals surface area contributed by atoms with Gasteiger partial charge in [-0.25, -0.2) is 23.1 Å². The number of fused-ring (bicyclic) bond motifs is 1. The van der Waals surface area contributed by atoms with Crippen molar-refractivity contribution in [3.8, 4) is 0 Å². The van der Waals surface area contributed by atoms with Crippen LogP contribution in [0, 0.1) is 11.8 Å². The van der Waals surface area contributed by atoms with Crippen LogP contribution in [0.5, 0.6) is 0 Å². The Kier molecular flexibility index (Phi) is 6.76. The van der Waals surface area contributed by atoms with Crippen LogP contribution in [0.2, 0.25) is 0 Å². The molecular formula is C25H35F2N5O3. The molecule has 35 heavy (non-hydrogen) atoms. The van der Waals surface area contributed by atoms with Crippen molar-refractivity contribution in [1.29, 1.82) is 0 Å². The van der Waals surface area contributed by atoms with Gasteiger partial charge in [-0.15, -0.1) is 0 Å². The lowest BCUT2D eigenvalue weighted by molar-refractivity contribution is -0.142. The first-order valence-electron chi connectivity index (χ1n) is 12.4. The molecule has 2 aromatic rings. The van der Waals surface area contributed by atoms with Crippen LogP contribution in [-0.4, -0.2) is 72.1 Å². The smallest absolute Gasteiger partial charge is 0.408 e. The zero-order valence-electron chi connectivity index (χ0n) is 20.8. The monoisotopic (exact) mass is 491 g/mol. The van der Waals surface area contributed by atoms with Crippen LogP contribution in [0.4, 0.5) is 13.6 Å². The maximum Gasteiger partial charge on any atom is 0.408 e. The lowest BCUT2D eigenvalue weighted by Crippen LogP contribution is -2.60. The molecule has 10 heteroatoms. The summed E-state index contributed by atoms with van der Waals surface area (Å²) in [6, 6.07) is 4.93. The molecule has 2 aromatic heterocycles. The van der Waals surface area contributed by atoms with Gasteiger partial charge in [0.05, 0.1) is 6.54 Å². The van der Waals surface area contributed by atoms with Crippen LogP contribution in [0.3, 0.4) is 0 Å². The topological polar surface area (TPSA) is 91.0 Å². The van der Waals surface area contributed by atoms with Crippen LogP contribution in [0.15, 0.2) is 24.5 Å². The summed E-state index contributed by atoms with van der Waals surface area (Å²) in [5.41, 5.74) is 1.04. The van der Waals surface area contributed by atoms with Crippen LogP contribution in [-0.2, 0) is 4.79 Å². The van der Waals surface area contributed by atoms with Crippen LogP contribution in [0.25, 0.3) is 5.65 Å². The fourth-order valence-corrected chi connectivity index (χ4v) is 5.88. The third kappa shape index (κ3) is 5.11. The Morgan fingerprint density at radius 2 is 1.89 bits per heavy atom. The lowest BCUT2D eigenvalue weighted by Gasteiger charge is -2.45. The van der Waals surface area contributed by atoms with E-state index in [9.17, 15) is 23.5 Å². The minimum atomic E-state index is -2.93. The molecule has 2 atom stereocenters. The van der Waals surface area contributed by atoms with E-state index in [1.165, 1.54) is 11.2 Å². The molecular weight excluding hydrogens is 456 g/mol. The average molecular weight is 492 g/mol. The molecule has 8 nitrogen and oxygen atoms in total. The summed E-state index contributed by atoms with van der Waals surface area (Å²) in [7, 11) is 0. The van der Waals surface area contributed by atoms with Gasteiger partial charge in [0.25, 0.3) is 5.92 Å². The number of carbonyl (C=O) groups excluding carboxylic acids is 1. The highest BCUT2D eigenvalue weighted by molar-refractivity contribution is 5.86. The standard InChI is InChI=1S/C25H35F2N5O3/c1-16(17-8-10-18(11-9-17)19-6-5-7-20-28-15-29-32(19)20)21(31(23(34)35)24(2,3)4)22(33)30-13-12-25(26,27)14-30/h5-7,15-18,21H,8-14H2,1-4H3,(H,34,35)/t16-,17?,18?,21-/m0/s1. The molecule has 3 heterocycles. The van der Waals surface area contributed by atoms with Crippen LogP contribution in [0.1, 0.15) is 71.4 Å². The Labute approximate surface area is 204 Å². The molecule has 2 fully saturated rings. The van der Waals surface area contributed by atoms with Crippen molar-refractivity contribution in [2.75, 3.05) is 13.1 Å². The normalized spacial score (nSPS) is 24.3. The predicted octanol–water partition coefficient (Wildman–Crippen LogP) is 4.65. The minimum absolute atomic E-state index is 0.0543. The number of aromatic nitrogens is 3. The second-order valence-corrected chi connectivity index (χ2v) is 11.1. The number of hydrogen-bond donors (Lipinski definition) is 1. The number of pyridine rings is 1. The first kappa shape index (κ1) is 25.3. The van der Waals surface area contributed by atoms with Crippen molar-refractivity contribution in [2.24, 2.45) is 11.8 Å². The summed E-state index contributed by atoms with van der Waals surface area (Å²) in [6.07, 6.45) is 3.32. The highest BCUT2D eigenvalue weighted by atomic mass is 19.3. The number of hydrogen-bond acceptors (Lipinski definition) is 4. The zero-order chi connectivity index (χ0) is 25.5. The van der Waals surface area contributed by atoms with Crippen molar-refractivity contribution in [3.63, 3.8) is 0 Å². The van der Waals surface area contributed by atoms with Gasteiger partial charge in [0, 0.05) is 30.1 Å². The van der Waals surface area contributed by atoms with E-state index in [1.807, 2.05) is 23.6 Å². The van der Waals surface area contributed by atoms with E-state index in [1.54, 1.807) is 20.8 Å². The lowest BCUT2D eigenvalue weighted by atomic mass is 9.72. The Hall–Kier alpha value is -2.78. The van der Waals surface area contributed by atoms with Crippen LogP contribution >= 0.6 is 0 Å². The SMILES string of the molecule is C[C@@H](C1CCC(c2cccc3ncnn23)CC1)[C@@H](C(=O)N1CCC(F)(F)C1)N(C(=O)O)C(C)(C)C. The molecule has 1 saturated heterocycles. The van der Waals surface area contributed by atoms with E-state index in [0.29, 0.717) is 0 Å². The molecule has 0 spiro atoms. The highest BCUT2D eigenvalue weighted by Gasteiger charge is 2.48. The molecule has 1 aliphatic carbocycles. The fraction of sp³-hybridized carbons (Fsp3) is 0.680. The Bertz CT molecular complexity index is 1070. The number of nitrogens with zero attached hydrogens (tertiary/aromatic N) is 5. The van der Waals surface area contributed by atoms with Gasteiger partial charge in [-0.3, -0.25) is 9.69 Å². The first-order chi connectivity index (χ1) is 16.4. The molecule has 1 aliphatic heterocycles. The van der Waals surface area contributed by atoms with Crippen LogP contribution < -0.4 is 0 Å². The summed E-state index contributed by atoms with van der Waals surface area (Å²) in [5.74, 6) is -3.37. The summed E-state index contributed by atoms with van der Waals surface area (Å²) in [6.45, 7) is 6.41. The van der Waals surface area contributed by atoms with E-state index in [0.717, 1.165) is 41.9 Å².